The fourth-order valence-electron chi connectivity index (χ4n) is 1.58. The Labute approximate surface area is 114 Å². The van der Waals surface area contributed by atoms with Crippen molar-refractivity contribution >= 4 is 23.1 Å². The summed E-state index contributed by atoms with van der Waals surface area (Å²) in [4.78, 5) is 14.3. The van der Waals surface area contributed by atoms with Crippen molar-refractivity contribution in [2.75, 3.05) is 11.9 Å². The van der Waals surface area contributed by atoms with E-state index < -0.39 is 4.92 Å². The highest BCUT2D eigenvalue weighted by Gasteiger charge is 2.15. The average Bonchev–Trinajstić information content (AvgIpc) is 2.77. The third-order valence-corrected chi connectivity index (χ3v) is 2.63. The molecular formula is C11H12ClN5O2. The third-order valence-electron chi connectivity index (χ3n) is 2.43. The van der Waals surface area contributed by atoms with Crippen LogP contribution in [0.15, 0.2) is 24.7 Å². The van der Waals surface area contributed by atoms with Crippen molar-refractivity contribution in [3.63, 3.8) is 0 Å². The van der Waals surface area contributed by atoms with Gasteiger partial charge in [0.15, 0.2) is 0 Å². The van der Waals surface area contributed by atoms with Crippen LogP contribution in [0.4, 0.5) is 11.5 Å². The molecule has 100 valence electrons. The van der Waals surface area contributed by atoms with Crippen molar-refractivity contribution < 1.29 is 4.92 Å². The molecule has 1 N–H and O–H groups in total. The summed E-state index contributed by atoms with van der Waals surface area (Å²) < 4.78 is 1.75. The van der Waals surface area contributed by atoms with Crippen LogP contribution in [-0.2, 0) is 6.54 Å². The van der Waals surface area contributed by atoms with E-state index in [4.69, 9.17) is 11.6 Å². The van der Waals surface area contributed by atoms with Crippen LogP contribution in [0.3, 0.4) is 0 Å². The van der Waals surface area contributed by atoms with E-state index in [1.165, 1.54) is 12.3 Å². The molecule has 0 aliphatic rings. The fourth-order valence-corrected chi connectivity index (χ4v) is 1.73. The van der Waals surface area contributed by atoms with Gasteiger partial charge in [0.1, 0.15) is 0 Å². The van der Waals surface area contributed by atoms with E-state index in [0.717, 1.165) is 5.56 Å². The van der Waals surface area contributed by atoms with Crippen LogP contribution in [0.2, 0.25) is 5.02 Å². The van der Waals surface area contributed by atoms with Gasteiger partial charge in [0.2, 0.25) is 5.82 Å². The summed E-state index contributed by atoms with van der Waals surface area (Å²) in [6.07, 6.45) is 5.02. The molecule has 0 aromatic carbocycles. The molecule has 0 amide bonds. The van der Waals surface area contributed by atoms with Gasteiger partial charge in [-0.25, -0.2) is 4.98 Å². The lowest BCUT2D eigenvalue weighted by Gasteiger charge is -2.06. The number of aryl methyl sites for hydroxylation is 1. The second-order valence-corrected chi connectivity index (χ2v) is 4.42. The van der Waals surface area contributed by atoms with Crippen LogP contribution in [0, 0.1) is 17.0 Å². The normalized spacial score (nSPS) is 10.4. The third kappa shape index (κ3) is 3.41. The summed E-state index contributed by atoms with van der Waals surface area (Å²) in [6, 6.07) is 1.27. The Hall–Kier alpha value is -2.15. The largest absolute Gasteiger partial charge is 0.362 e. The van der Waals surface area contributed by atoms with Crippen LogP contribution in [-0.4, -0.2) is 26.2 Å². The van der Waals surface area contributed by atoms with Gasteiger partial charge in [-0.05, 0) is 12.5 Å². The first-order valence-corrected chi connectivity index (χ1v) is 5.97. The summed E-state index contributed by atoms with van der Waals surface area (Å²) in [6.45, 7) is 3.02. The first-order valence-electron chi connectivity index (χ1n) is 5.59. The predicted molar refractivity (Wildman–Crippen MR) is 71.4 cm³/mol. The molecule has 8 heteroatoms. The maximum absolute atomic E-state index is 10.9. The zero-order valence-electron chi connectivity index (χ0n) is 10.2. The number of hydrogen-bond acceptors (Lipinski definition) is 5. The number of nitrogens with zero attached hydrogens (tertiary/aromatic N) is 4. The quantitative estimate of drug-likeness (QED) is 0.671. The predicted octanol–water partition coefficient (Wildman–Crippen LogP) is 2.26. The second-order valence-electron chi connectivity index (χ2n) is 3.99. The van der Waals surface area contributed by atoms with Gasteiger partial charge in [0.05, 0.1) is 22.7 Å². The molecule has 2 heterocycles. The minimum absolute atomic E-state index is 0.135. The van der Waals surface area contributed by atoms with Gasteiger partial charge in [-0.2, -0.15) is 5.10 Å². The van der Waals surface area contributed by atoms with Crippen molar-refractivity contribution in [1.82, 2.24) is 14.8 Å². The molecule has 0 saturated heterocycles. The molecule has 2 aromatic heterocycles. The SMILES string of the molecule is Cc1cnn(CCNc2ncc(Cl)cc2[N+](=O)[O-])c1. The van der Waals surface area contributed by atoms with E-state index in [1.807, 2.05) is 13.1 Å². The Balaban J connectivity index is 2.01. The van der Waals surface area contributed by atoms with Crippen LogP contribution < -0.4 is 5.32 Å². The monoisotopic (exact) mass is 281 g/mol. The first-order chi connectivity index (χ1) is 9.06. The van der Waals surface area contributed by atoms with E-state index >= 15 is 0 Å². The molecule has 7 nitrogen and oxygen atoms in total. The molecule has 2 aromatic rings. The maximum Gasteiger partial charge on any atom is 0.312 e. The molecule has 0 spiro atoms. The number of nitrogens with one attached hydrogen (secondary N) is 1. The van der Waals surface area contributed by atoms with Gasteiger partial charge in [0.25, 0.3) is 0 Å². The van der Waals surface area contributed by atoms with E-state index in [1.54, 1.807) is 10.9 Å². The van der Waals surface area contributed by atoms with Gasteiger partial charge in [0, 0.05) is 25.0 Å². The lowest BCUT2D eigenvalue weighted by molar-refractivity contribution is -0.384. The summed E-state index contributed by atoms with van der Waals surface area (Å²) in [7, 11) is 0. The number of aromatic nitrogens is 3. The molecule has 0 radical (unpaired) electrons. The summed E-state index contributed by atoms with van der Waals surface area (Å²) in [5.41, 5.74) is 0.930. The van der Waals surface area contributed by atoms with Gasteiger partial charge in [-0.15, -0.1) is 0 Å². The Kier molecular flexibility index (Phi) is 3.96. The Morgan fingerprint density at radius 2 is 2.32 bits per heavy atom. The van der Waals surface area contributed by atoms with E-state index in [-0.39, 0.29) is 16.5 Å². The maximum atomic E-state index is 10.9. The van der Waals surface area contributed by atoms with Crippen molar-refractivity contribution in [3.05, 3.63) is 45.4 Å². The molecule has 19 heavy (non-hydrogen) atoms. The molecule has 2 rings (SSSR count). The number of nitro groups is 1. The molecule has 0 saturated carbocycles. The summed E-state index contributed by atoms with van der Waals surface area (Å²) in [5.74, 6) is 0.207. The Morgan fingerprint density at radius 3 is 2.95 bits per heavy atom. The van der Waals surface area contributed by atoms with Crippen molar-refractivity contribution in [2.45, 2.75) is 13.5 Å². The average molecular weight is 282 g/mol. The lowest BCUT2D eigenvalue weighted by Crippen LogP contribution is -2.12. The number of halogens is 1. The van der Waals surface area contributed by atoms with Crippen molar-refractivity contribution in [1.29, 1.82) is 0 Å². The number of rotatable bonds is 5. The highest BCUT2D eigenvalue weighted by molar-refractivity contribution is 6.30. The summed E-state index contributed by atoms with van der Waals surface area (Å²) in [5, 5.41) is 18.1. The zero-order valence-corrected chi connectivity index (χ0v) is 11.0. The van der Waals surface area contributed by atoms with Crippen LogP contribution >= 0.6 is 11.6 Å². The molecular weight excluding hydrogens is 270 g/mol. The highest BCUT2D eigenvalue weighted by atomic mass is 35.5. The molecule has 0 fully saturated rings. The van der Waals surface area contributed by atoms with E-state index in [9.17, 15) is 10.1 Å². The fraction of sp³-hybridized carbons (Fsp3) is 0.273. The number of pyridine rings is 1. The Morgan fingerprint density at radius 1 is 1.53 bits per heavy atom. The number of anilines is 1. The van der Waals surface area contributed by atoms with Crippen molar-refractivity contribution in [3.8, 4) is 0 Å². The highest BCUT2D eigenvalue weighted by Crippen LogP contribution is 2.24. The van der Waals surface area contributed by atoms with Crippen LogP contribution in [0.1, 0.15) is 5.56 Å². The smallest absolute Gasteiger partial charge is 0.312 e. The van der Waals surface area contributed by atoms with Gasteiger partial charge < -0.3 is 5.32 Å². The molecule has 0 unspecified atom stereocenters. The molecule has 0 aliphatic carbocycles. The van der Waals surface area contributed by atoms with E-state index in [2.05, 4.69) is 15.4 Å². The second kappa shape index (κ2) is 5.66. The molecule has 0 bridgehead atoms. The Bertz CT molecular complexity index is 599. The van der Waals surface area contributed by atoms with Gasteiger partial charge >= 0.3 is 5.69 Å². The van der Waals surface area contributed by atoms with Crippen molar-refractivity contribution in [2.24, 2.45) is 0 Å². The molecule has 0 aliphatic heterocycles. The van der Waals surface area contributed by atoms with Crippen LogP contribution in [0.5, 0.6) is 0 Å². The minimum atomic E-state index is -0.515. The minimum Gasteiger partial charge on any atom is -0.362 e. The lowest BCUT2D eigenvalue weighted by atomic mass is 10.4. The van der Waals surface area contributed by atoms with E-state index in [0.29, 0.717) is 13.1 Å². The van der Waals surface area contributed by atoms with Gasteiger partial charge in [-0.1, -0.05) is 11.6 Å². The first kappa shape index (κ1) is 13.3. The van der Waals surface area contributed by atoms with Crippen LogP contribution in [0.25, 0.3) is 0 Å². The zero-order chi connectivity index (χ0) is 13.8. The van der Waals surface area contributed by atoms with Gasteiger partial charge in [-0.3, -0.25) is 14.8 Å². The topological polar surface area (TPSA) is 85.9 Å². The number of hydrogen-bond donors (Lipinski definition) is 1. The summed E-state index contributed by atoms with van der Waals surface area (Å²) >= 11 is 5.68. The molecule has 0 atom stereocenters. The standard InChI is InChI=1S/C11H12ClN5O2/c1-8-5-15-16(7-8)3-2-13-11-10(17(18)19)4-9(12)6-14-11/h4-7H,2-3H2,1H3,(H,13,14).